The summed E-state index contributed by atoms with van der Waals surface area (Å²) in [5, 5.41) is 13.7. The summed E-state index contributed by atoms with van der Waals surface area (Å²) in [6.45, 7) is 9.42. The second-order valence-corrected chi connectivity index (χ2v) is 4.66. The Morgan fingerprint density at radius 2 is 2.22 bits per heavy atom. The van der Waals surface area contributed by atoms with Crippen LogP contribution in [0, 0.1) is 5.92 Å². The average Bonchev–Trinajstić information content (AvgIpc) is 2.80. The maximum absolute atomic E-state index is 11.7. The van der Waals surface area contributed by atoms with Gasteiger partial charge in [-0.05, 0) is 18.9 Å². The molecule has 1 heterocycles. The number of carbonyl (C=O) groups excluding carboxylic acids is 1. The Hall–Kier alpha value is -1.43. The molecule has 1 rings (SSSR count). The Morgan fingerprint density at radius 3 is 2.89 bits per heavy atom. The van der Waals surface area contributed by atoms with Gasteiger partial charge in [0, 0.05) is 19.6 Å². The van der Waals surface area contributed by atoms with Gasteiger partial charge in [0.15, 0.2) is 5.69 Å². The molecule has 2 N–H and O–H groups in total. The minimum Gasteiger partial charge on any atom is -0.349 e. The van der Waals surface area contributed by atoms with E-state index < -0.39 is 0 Å². The van der Waals surface area contributed by atoms with Crippen LogP contribution in [0.1, 0.15) is 37.7 Å². The van der Waals surface area contributed by atoms with Gasteiger partial charge in [-0.25, -0.2) is 0 Å². The molecule has 0 saturated heterocycles. The summed E-state index contributed by atoms with van der Waals surface area (Å²) in [4.78, 5) is 11.7. The molecule has 0 atom stereocenters. The highest BCUT2D eigenvalue weighted by Gasteiger charge is 2.09. The van der Waals surface area contributed by atoms with Gasteiger partial charge in [-0.3, -0.25) is 9.48 Å². The van der Waals surface area contributed by atoms with Crippen LogP contribution in [0.4, 0.5) is 0 Å². The number of nitrogens with zero attached hydrogens (tertiary/aromatic N) is 3. The van der Waals surface area contributed by atoms with Crippen LogP contribution in [0.3, 0.4) is 0 Å². The molecule has 0 bridgehead atoms. The van der Waals surface area contributed by atoms with E-state index in [4.69, 9.17) is 0 Å². The zero-order valence-corrected chi connectivity index (χ0v) is 11.4. The van der Waals surface area contributed by atoms with Crippen LogP contribution >= 0.6 is 0 Å². The van der Waals surface area contributed by atoms with Crippen molar-refractivity contribution in [2.45, 2.75) is 33.7 Å². The number of rotatable bonds is 8. The molecule has 1 aromatic rings. The smallest absolute Gasteiger partial charge is 0.273 e. The predicted octanol–water partition coefficient (Wildman–Crippen LogP) is 0.663. The topological polar surface area (TPSA) is 71.8 Å². The number of likely N-dealkylation sites (N-methyl/N-ethyl adjacent to an activating group) is 1. The summed E-state index contributed by atoms with van der Waals surface area (Å²) >= 11 is 0. The Kier molecular flexibility index (Phi) is 6.35. The molecule has 0 unspecified atom stereocenters. The number of carbonyl (C=O) groups is 1. The van der Waals surface area contributed by atoms with Crippen LogP contribution in [0.25, 0.3) is 0 Å². The molecule has 0 fully saturated rings. The summed E-state index contributed by atoms with van der Waals surface area (Å²) in [5.41, 5.74) is 0.384. The lowest BCUT2D eigenvalue weighted by atomic mass is 10.1. The first-order chi connectivity index (χ1) is 8.63. The number of hydrogen-bond acceptors (Lipinski definition) is 4. The lowest BCUT2D eigenvalue weighted by Crippen LogP contribution is -2.31. The van der Waals surface area contributed by atoms with Crippen molar-refractivity contribution in [3.05, 3.63) is 11.9 Å². The highest BCUT2D eigenvalue weighted by molar-refractivity contribution is 5.91. The zero-order chi connectivity index (χ0) is 13.4. The van der Waals surface area contributed by atoms with Gasteiger partial charge < -0.3 is 10.6 Å². The van der Waals surface area contributed by atoms with Crippen molar-refractivity contribution >= 4 is 5.91 Å². The van der Waals surface area contributed by atoms with Crippen LogP contribution < -0.4 is 10.6 Å². The van der Waals surface area contributed by atoms with E-state index in [2.05, 4.69) is 34.8 Å². The van der Waals surface area contributed by atoms with Gasteiger partial charge in [-0.1, -0.05) is 26.0 Å². The van der Waals surface area contributed by atoms with Crippen molar-refractivity contribution in [1.29, 1.82) is 0 Å². The van der Waals surface area contributed by atoms with Crippen LogP contribution in [0.2, 0.25) is 0 Å². The summed E-state index contributed by atoms with van der Waals surface area (Å²) in [7, 11) is 0. The van der Waals surface area contributed by atoms with E-state index in [9.17, 15) is 4.79 Å². The molecule has 1 amide bonds. The minimum absolute atomic E-state index is 0.163. The van der Waals surface area contributed by atoms with Crippen LogP contribution in [-0.2, 0) is 6.54 Å². The third-order valence-electron chi connectivity index (χ3n) is 2.54. The Bertz CT molecular complexity index is 361. The molecular weight excluding hydrogens is 230 g/mol. The van der Waals surface area contributed by atoms with E-state index in [0.29, 0.717) is 18.2 Å². The van der Waals surface area contributed by atoms with E-state index in [1.54, 1.807) is 10.9 Å². The second kappa shape index (κ2) is 7.81. The van der Waals surface area contributed by atoms with Crippen molar-refractivity contribution in [3.8, 4) is 0 Å². The van der Waals surface area contributed by atoms with E-state index in [0.717, 1.165) is 26.1 Å². The molecule has 0 spiro atoms. The van der Waals surface area contributed by atoms with Crippen molar-refractivity contribution in [1.82, 2.24) is 25.6 Å². The van der Waals surface area contributed by atoms with Gasteiger partial charge in [0.25, 0.3) is 5.91 Å². The molecule has 0 aliphatic heterocycles. The van der Waals surface area contributed by atoms with Crippen molar-refractivity contribution in [2.24, 2.45) is 5.92 Å². The molecule has 0 aliphatic rings. The van der Waals surface area contributed by atoms with Gasteiger partial charge in [-0.2, -0.15) is 0 Å². The van der Waals surface area contributed by atoms with Crippen LogP contribution in [-0.4, -0.2) is 40.5 Å². The number of aromatic nitrogens is 3. The van der Waals surface area contributed by atoms with Gasteiger partial charge in [0.2, 0.25) is 0 Å². The largest absolute Gasteiger partial charge is 0.349 e. The normalized spacial score (nSPS) is 10.9. The van der Waals surface area contributed by atoms with E-state index in [1.165, 1.54) is 0 Å². The maximum atomic E-state index is 11.7. The quantitative estimate of drug-likeness (QED) is 0.668. The van der Waals surface area contributed by atoms with E-state index >= 15 is 0 Å². The first kappa shape index (κ1) is 14.6. The molecule has 0 saturated carbocycles. The standard InChI is InChI=1S/C12H23N5O/c1-4-13-6-7-14-12(18)11-9-17(16-15-11)8-5-10(2)3/h9-10,13H,4-8H2,1-3H3,(H,14,18). The summed E-state index contributed by atoms with van der Waals surface area (Å²) < 4.78 is 1.72. The third kappa shape index (κ3) is 5.27. The highest BCUT2D eigenvalue weighted by Crippen LogP contribution is 2.02. The SMILES string of the molecule is CCNCCNC(=O)c1cn(CCC(C)C)nn1. The number of nitrogens with one attached hydrogen (secondary N) is 2. The Morgan fingerprint density at radius 1 is 1.44 bits per heavy atom. The average molecular weight is 253 g/mol. The fourth-order valence-corrected chi connectivity index (χ4v) is 1.43. The lowest BCUT2D eigenvalue weighted by molar-refractivity contribution is 0.0949. The molecule has 0 aliphatic carbocycles. The maximum Gasteiger partial charge on any atom is 0.273 e. The third-order valence-corrected chi connectivity index (χ3v) is 2.54. The van der Waals surface area contributed by atoms with E-state index in [-0.39, 0.29) is 5.91 Å². The Balaban J connectivity index is 2.34. The Labute approximate surface area is 108 Å². The van der Waals surface area contributed by atoms with E-state index in [1.807, 2.05) is 6.92 Å². The number of hydrogen-bond donors (Lipinski definition) is 2. The van der Waals surface area contributed by atoms with Crippen molar-refractivity contribution in [3.63, 3.8) is 0 Å². The zero-order valence-electron chi connectivity index (χ0n) is 11.4. The molecule has 6 nitrogen and oxygen atoms in total. The summed E-state index contributed by atoms with van der Waals surface area (Å²) in [6.07, 6.45) is 2.73. The van der Waals surface area contributed by atoms with Gasteiger partial charge in [0.05, 0.1) is 6.20 Å². The van der Waals surface area contributed by atoms with Gasteiger partial charge >= 0.3 is 0 Å². The molecule has 0 aromatic carbocycles. The summed E-state index contributed by atoms with van der Waals surface area (Å²) in [6, 6.07) is 0. The molecule has 102 valence electrons. The molecule has 18 heavy (non-hydrogen) atoms. The first-order valence-corrected chi connectivity index (χ1v) is 6.52. The molecular formula is C12H23N5O. The lowest BCUT2D eigenvalue weighted by Gasteiger charge is -2.03. The number of amides is 1. The van der Waals surface area contributed by atoms with Crippen LogP contribution in [0.15, 0.2) is 6.20 Å². The van der Waals surface area contributed by atoms with Gasteiger partial charge in [0.1, 0.15) is 0 Å². The van der Waals surface area contributed by atoms with Crippen molar-refractivity contribution < 1.29 is 4.79 Å². The number of aryl methyl sites for hydroxylation is 1. The molecule has 0 radical (unpaired) electrons. The first-order valence-electron chi connectivity index (χ1n) is 6.52. The minimum atomic E-state index is -0.163. The highest BCUT2D eigenvalue weighted by atomic mass is 16.2. The molecule has 6 heteroatoms. The fourth-order valence-electron chi connectivity index (χ4n) is 1.43. The fraction of sp³-hybridized carbons (Fsp3) is 0.750. The summed E-state index contributed by atoms with van der Waals surface area (Å²) in [5.74, 6) is 0.454. The molecule has 1 aromatic heterocycles. The van der Waals surface area contributed by atoms with Crippen LogP contribution in [0.5, 0.6) is 0 Å². The predicted molar refractivity (Wildman–Crippen MR) is 70.4 cm³/mol. The van der Waals surface area contributed by atoms with Crippen molar-refractivity contribution in [2.75, 3.05) is 19.6 Å². The van der Waals surface area contributed by atoms with Gasteiger partial charge in [-0.15, -0.1) is 5.10 Å². The monoisotopic (exact) mass is 253 g/mol. The second-order valence-electron chi connectivity index (χ2n) is 4.66.